The van der Waals surface area contributed by atoms with Gasteiger partial charge in [0.25, 0.3) is 5.91 Å². The number of aromatic nitrogens is 3. The molecule has 2 amide bonds. The first kappa shape index (κ1) is 25.3. The lowest BCUT2D eigenvalue weighted by Gasteiger charge is -2.28. The van der Waals surface area contributed by atoms with Crippen LogP contribution in [-0.4, -0.2) is 57.9 Å². The predicted octanol–water partition coefficient (Wildman–Crippen LogP) is 3.56. The number of carbonyl (C=O) groups excluding carboxylic acids is 2. The monoisotopic (exact) mass is 529 g/mol. The largest absolute Gasteiger partial charge is 0.447 e. The number of rotatable bonds is 8. The minimum atomic E-state index is -1.14. The molecule has 2 saturated heterocycles. The molecule has 0 aliphatic carbocycles. The molecule has 6 rings (SSSR count). The van der Waals surface area contributed by atoms with Gasteiger partial charge in [0.15, 0.2) is 5.60 Å². The maximum Gasteiger partial charge on any atom is 0.414 e. The SMILES string of the molecule is C=CCN1C(=O)[C@]2(O[C@H](CCn3cc([C@H](O)c4ccccc4)nn3)C[C@@H]2C)c2cc(N3CCOC3=O)ccc21. The van der Waals surface area contributed by atoms with Crippen molar-refractivity contribution in [2.45, 2.75) is 44.1 Å². The second-order valence-corrected chi connectivity index (χ2v) is 10.3. The number of aryl methyl sites for hydroxylation is 1. The molecule has 0 saturated carbocycles. The molecule has 2 aromatic carbocycles. The number of aliphatic hydroxyl groups excluding tert-OH is 1. The fourth-order valence-corrected chi connectivity index (χ4v) is 5.97. The number of aliphatic hydroxyl groups is 1. The van der Waals surface area contributed by atoms with Crippen LogP contribution >= 0.6 is 0 Å². The lowest BCUT2D eigenvalue weighted by molar-refractivity contribution is -0.145. The van der Waals surface area contributed by atoms with Gasteiger partial charge in [-0.25, -0.2) is 4.79 Å². The van der Waals surface area contributed by atoms with E-state index in [1.807, 2.05) is 55.5 Å². The van der Waals surface area contributed by atoms with Gasteiger partial charge in [-0.2, -0.15) is 0 Å². The molecule has 3 aliphatic heterocycles. The fourth-order valence-electron chi connectivity index (χ4n) is 5.97. The molecule has 39 heavy (non-hydrogen) atoms. The Balaban J connectivity index is 1.22. The van der Waals surface area contributed by atoms with Crippen molar-refractivity contribution in [2.75, 3.05) is 29.5 Å². The number of fused-ring (bicyclic) bond motifs is 2. The first-order valence-electron chi connectivity index (χ1n) is 13.2. The summed E-state index contributed by atoms with van der Waals surface area (Å²) in [5.41, 5.74) is 2.33. The maximum absolute atomic E-state index is 13.9. The van der Waals surface area contributed by atoms with Crippen LogP contribution in [0.25, 0.3) is 0 Å². The maximum atomic E-state index is 13.9. The highest BCUT2D eigenvalue weighted by Gasteiger charge is 2.60. The van der Waals surface area contributed by atoms with E-state index in [9.17, 15) is 14.7 Å². The summed E-state index contributed by atoms with van der Waals surface area (Å²) in [5, 5.41) is 19.0. The molecule has 10 heteroatoms. The van der Waals surface area contributed by atoms with E-state index in [1.54, 1.807) is 26.8 Å². The minimum absolute atomic E-state index is 0.0874. The summed E-state index contributed by atoms with van der Waals surface area (Å²) in [5.74, 6) is -0.196. The van der Waals surface area contributed by atoms with Crippen molar-refractivity contribution in [1.29, 1.82) is 0 Å². The third kappa shape index (κ3) is 4.20. The van der Waals surface area contributed by atoms with Gasteiger partial charge >= 0.3 is 6.09 Å². The summed E-state index contributed by atoms with van der Waals surface area (Å²) in [4.78, 5) is 29.4. The minimum Gasteiger partial charge on any atom is -0.447 e. The molecule has 2 fully saturated rings. The van der Waals surface area contributed by atoms with E-state index in [-0.39, 0.29) is 24.0 Å². The Morgan fingerprint density at radius 3 is 2.79 bits per heavy atom. The van der Waals surface area contributed by atoms with E-state index in [4.69, 9.17) is 9.47 Å². The molecule has 1 spiro atoms. The van der Waals surface area contributed by atoms with Gasteiger partial charge in [-0.1, -0.05) is 48.5 Å². The number of anilines is 2. The average Bonchev–Trinajstić information content (AvgIpc) is 3.72. The number of hydrogen-bond donors (Lipinski definition) is 1. The molecule has 1 N–H and O–H groups in total. The zero-order valence-corrected chi connectivity index (χ0v) is 21.8. The van der Waals surface area contributed by atoms with E-state index < -0.39 is 11.7 Å². The highest BCUT2D eigenvalue weighted by atomic mass is 16.6. The third-order valence-electron chi connectivity index (χ3n) is 7.91. The molecule has 4 heterocycles. The van der Waals surface area contributed by atoms with Crippen molar-refractivity contribution >= 4 is 23.4 Å². The molecule has 10 nitrogen and oxygen atoms in total. The van der Waals surface area contributed by atoms with E-state index in [0.717, 1.165) is 16.8 Å². The van der Waals surface area contributed by atoms with Crippen LogP contribution in [0, 0.1) is 5.92 Å². The van der Waals surface area contributed by atoms with Crippen LogP contribution in [-0.2, 0) is 26.4 Å². The quantitative estimate of drug-likeness (QED) is 0.445. The Bertz CT molecular complexity index is 1410. The Kier molecular flexibility index (Phi) is 6.44. The lowest BCUT2D eigenvalue weighted by Crippen LogP contribution is -2.44. The summed E-state index contributed by atoms with van der Waals surface area (Å²) < 4.78 is 13.5. The van der Waals surface area contributed by atoms with Crippen molar-refractivity contribution in [3.8, 4) is 0 Å². The molecule has 0 bridgehead atoms. The second-order valence-electron chi connectivity index (χ2n) is 10.3. The van der Waals surface area contributed by atoms with Crippen LogP contribution in [0.2, 0.25) is 0 Å². The molecule has 4 atom stereocenters. The van der Waals surface area contributed by atoms with Crippen molar-refractivity contribution < 1.29 is 24.2 Å². The van der Waals surface area contributed by atoms with Gasteiger partial charge in [-0.15, -0.1) is 11.7 Å². The van der Waals surface area contributed by atoms with E-state index in [0.29, 0.717) is 50.5 Å². The molecule has 3 aliphatic rings. The highest BCUT2D eigenvalue weighted by molar-refractivity contribution is 6.08. The second kappa shape index (κ2) is 9.94. The van der Waals surface area contributed by atoms with Crippen LogP contribution in [0.15, 0.2) is 67.4 Å². The average molecular weight is 530 g/mol. The number of cyclic esters (lactones) is 1. The standard InChI is InChI=1S/C29H31N5O5/c1-3-12-34-25-10-9-21(33-14-15-38-28(33)37)17-23(25)29(27(34)36)19(2)16-22(39-29)11-13-32-18-24(30-31-32)26(35)20-7-5-4-6-8-20/h3-10,17-19,22,26,35H,1,11-16H2,2H3/t19-,22+,26+,29+/m0/s1. The van der Waals surface area contributed by atoms with Gasteiger partial charge in [-0.05, 0) is 36.6 Å². The number of hydrogen-bond acceptors (Lipinski definition) is 7. The third-order valence-corrected chi connectivity index (χ3v) is 7.91. The smallest absolute Gasteiger partial charge is 0.414 e. The zero-order valence-electron chi connectivity index (χ0n) is 21.8. The summed E-state index contributed by atoms with van der Waals surface area (Å²) in [6.07, 6.45) is 3.34. The summed E-state index contributed by atoms with van der Waals surface area (Å²) in [7, 11) is 0. The first-order chi connectivity index (χ1) is 18.9. The van der Waals surface area contributed by atoms with Crippen LogP contribution in [0.1, 0.15) is 42.7 Å². The van der Waals surface area contributed by atoms with Crippen LogP contribution in [0.5, 0.6) is 0 Å². The Labute approximate surface area is 226 Å². The topological polar surface area (TPSA) is 110 Å². The Morgan fingerprint density at radius 2 is 2.05 bits per heavy atom. The first-order valence-corrected chi connectivity index (χ1v) is 13.2. The molecule has 3 aromatic rings. The predicted molar refractivity (Wildman–Crippen MR) is 143 cm³/mol. The Hall–Kier alpha value is -4.02. The normalized spacial score (nSPS) is 24.9. The van der Waals surface area contributed by atoms with Crippen molar-refractivity contribution in [1.82, 2.24) is 15.0 Å². The van der Waals surface area contributed by atoms with Gasteiger partial charge in [0.05, 0.1) is 24.5 Å². The number of ether oxygens (including phenoxy) is 2. The molecule has 0 unspecified atom stereocenters. The number of carbonyl (C=O) groups is 2. The van der Waals surface area contributed by atoms with Gasteiger partial charge in [0.1, 0.15) is 18.4 Å². The van der Waals surface area contributed by atoms with Crippen molar-refractivity contribution in [3.63, 3.8) is 0 Å². The van der Waals surface area contributed by atoms with Gasteiger partial charge in [0.2, 0.25) is 0 Å². The molecular weight excluding hydrogens is 498 g/mol. The number of benzene rings is 2. The van der Waals surface area contributed by atoms with Gasteiger partial charge < -0.3 is 19.5 Å². The van der Waals surface area contributed by atoms with E-state index in [1.165, 1.54) is 0 Å². The van der Waals surface area contributed by atoms with Crippen LogP contribution < -0.4 is 9.80 Å². The van der Waals surface area contributed by atoms with E-state index in [2.05, 4.69) is 16.9 Å². The fraction of sp³-hybridized carbons (Fsp3) is 0.379. The zero-order chi connectivity index (χ0) is 27.1. The van der Waals surface area contributed by atoms with Crippen molar-refractivity contribution in [3.05, 3.63) is 84.2 Å². The number of amides is 2. The van der Waals surface area contributed by atoms with Gasteiger partial charge in [-0.3, -0.25) is 14.4 Å². The highest BCUT2D eigenvalue weighted by Crippen LogP contribution is 2.54. The summed E-state index contributed by atoms with van der Waals surface area (Å²) in [6.45, 7) is 7.57. The van der Waals surface area contributed by atoms with Crippen molar-refractivity contribution in [2.24, 2.45) is 5.92 Å². The summed E-state index contributed by atoms with van der Waals surface area (Å²) >= 11 is 0. The molecule has 202 valence electrons. The van der Waals surface area contributed by atoms with E-state index >= 15 is 0 Å². The Morgan fingerprint density at radius 1 is 1.23 bits per heavy atom. The van der Waals surface area contributed by atoms with Crippen LogP contribution in [0.4, 0.5) is 16.2 Å². The lowest BCUT2D eigenvalue weighted by atomic mass is 9.82. The molecule has 0 radical (unpaired) electrons. The molecular formula is C29H31N5O5. The summed E-state index contributed by atoms with van der Waals surface area (Å²) in [6, 6.07) is 15.0. The van der Waals surface area contributed by atoms with Gasteiger partial charge in [0, 0.05) is 30.3 Å². The number of nitrogens with zero attached hydrogens (tertiary/aromatic N) is 5. The van der Waals surface area contributed by atoms with Crippen LogP contribution in [0.3, 0.4) is 0 Å². The molecule has 1 aromatic heterocycles.